The number of aromatic nitrogens is 2. The number of rotatable bonds is 5. The average Bonchev–Trinajstić information content (AvgIpc) is 2.90. The van der Waals surface area contributed by atoms with Crippen LogP contribution < -0.4 is 5.32 Å². The van der Waals surface area contributed by atoms with Gasteiger partial charge in [0.15, 0.2) is 0 Å². The average molecular weight is 205 g/mol. The molecule has 0 radical (unpaired) electrons. The van der Waals surface area contributed by atoms with Gasteiger partial charge in [-0.2, -0.15) is 0 Å². The topological polar surface area (TPSA) is 53.9 Å². The molecule has 0 saturated carbocycles. The third-order valence-corrected chi connectivity index (χ3v) is 2.22. The smallest absolute Gasteiger partial charge is 0.131 e. The summed E-state index contributed by atoms with van der Waals surface area (Å²) in [5, 5.41) is 3.39. The molecule has 2 N–H and O–H groups in total. The summed E-state index contributed by atoms with van der Waals surface area (Å²) >= 11 is 0. The van der Waals surface area contributed by atoms with E-state index in [1.165, 1.54) is 0 Å². The molecule has 2 heterocycles. The van der Waals surface area contributed by atoms with Gasteiger partial charge in [0.2, 0.25) is 0 Å². The lowest BCUT2D eigenvalue weighted by Gasteiger charge is -2.13. The highest BCUT2D eigenvalue weighted by molar-refractivity contribution is 5.14. The Morgan fingerprint density at radius 3 is 3.13 bits per heavy atom. The van der Waals surface area contributed by atoms with Crippen LogP contribution in [-0.4, -0.2) is 16.5 Å². The van der Waals surface area contributed by atoms with Gasteiger partial charge in [-0.15, -0.1) is 0 Å². The van der Waals surface area contributed by atoms with Crippen LogP contribution in [0.1, 0.15) is 31.0 Å². The van der Waals surface area contributed by atoms with Crippen LogP contribution >= 0.6 is 0 Å². The quantitative estimate of drug-likeness (QED) is 0.785. The molecule has 15 heavy (non-hydrogen) atoms. The predicted octanol–water partition coefficient (Wildman–Crippen LogP) is 2.09. The monoisotopic (exact) mass is 205 g/mol. The minimum atomic E-state index is 0.0231. The molecule has 2 aromatic heterocycles. The van der Waals surface area contributed by atoms with Crippen molar-refractivity contribution in [1.29, 1.82) is 0 Å². The lowest BCUT2D eigenvalue weighted by Crippen LogP contribution is -2.23. The van der Waals surface area contributed by atoms with Crippen molar-refractivity contribution in [3.8, 4) is 0 Å². The standard InChI is InChI=1S/C11H15N3O/c1-2-5-12-10(9-4-3-8-15-9)11-13-6-7-14-11/h3-4,6-8,10,12H,2,5H2,1H3,(H,13,14). The van der Waals surface area contributed by atoms with Crippen LogP contribution in [-0.2, 0) is 0 Å². The van der Waals surface area contributed by atoms with Gasteiger partial charge in [0.1, 0.15) is 17.6 Å². The van der Waals surface area contributed by atoms with Crippen molar-refractivity contribution in [2.75, 3.05) is 6.54 Å². The van der Waals surface area contributed by atoms with E-state index in [-0.39, 0.29) is 6.04 Å². The first-order chi connectivity index (χ1) is 7.42. The highest BCUT2D eigenvalue weighted by atomic mass is 16.3. The number of nitrogens with zero attached hydrogens (tertiary/aromatic N) is 1. The van der Waals surface area contributed by atoms with Crippen molar-refractivity contribution < 1.29 is 4.42 Å². The summed E-state index contributed by atoms with van der Waals surface area (Å²) in [5.74, 6) is 1.77. The van der Waals surface area contributed by atoms with Crippen molar-refractivity contribution in [1.82, 2.24) is 15.3 Å². The second kappa shape index (κ2) is 4.79. The number of aromatic amines is 1. The molecule has 0 saturated heterocycles. The first kappa shape index (κ1) is 9.98. The maximum Gasteiger partial charge on any atom is 0.131 e. The molecule has 0 aliphatic carbocycles. The van der Waals surface area contributed by atoms with Gasteiger partial charge in [-0.25, -0.2) is 4.98 Å². The molecule has 0 aliphatic rings. The number of hydrogen-bond acceptors (Lipinski definition) is 3. The minimum absolute atomic E-state index is 0.0231. The van der Waals surface area contributed by atoms with E-state index < -0.39 is 0 Å². The Hall–Kier alpha value is -1.55. The normalized spacial score (nSPS) is 12.9. The molecule has 4 nitrogen and oxygen atoms in total. The summed E-state index contributed by atoms with van der Waals surface area (Å²) in [4.78, 5) is 7.35. The number of furan rings is 1. The van der Waals surface area contributed by atoms with Crippen LogP contribution in [0.2, 0.25) is 0 Å². The van der Waals surface area contributed by atoms with Gasteiger partial charge in [-0.1, -0.05) is 6.92 Å². The van der Waals surface area contributed by atoms with Crippen LogP contribution in [0.25, 0.3) is 0 Å². The second-order valence-corrected chi connectivity index (χ2v) is 3.38. The van der Waals surface area contributed by atoms with Gasteiger partial charge in [-0.05, 0) is 25.1 Å². The van der Waals surface area contributed by atoms with E-state index in [1.807, 2.05) is 18.3 Å². The summed E-state index contributed by atoms with van der Waals surface area (Å²) in [5.41, 5.74) is 0. The van der Waals surface area contributed by atoms with Crippen LogP contribution in [0, 0.1) is 0 Å². The molecule has 1 unspecified atom stereocenters. The molecular weight excluding hydrogens is 190 g/mol. The van der Waals surface area contributed by atoms with Gasteiger partial charge < -0.3 is 14.7 Å². The Kier molecular flexibility index (Phi) is 3.19. The van der Waals surface area contributed by atoms with Crippen molar-refractivity contribution in [3.63, 3.8) is 0 Å². The second-order valence-electron chi connectivity index (χ2n) is 3.38. The molecule has 2 rings (SSSR count). The van der Waals surface area contributed by atoms with E-state index in [9.17, 15) is 0 Å². The molecule has 0 aromatic carbocycles. The number of nitrogens with one attached hydrogen (secondary N) is 2. The summed E-state index contributed by atoms with van der Waals surface area (Å²) in [7, 11) is 0. The number of H-pyrrole nitrogens is 1. The molecule has 0 bridgehead atoms. The van der Waals surface area contributed by atoms with E-state index in [0.717, 1.165) is 24.6 Å². The van der Waals surface area contributed by atoms with Crippen molar-refractivity contribution in [3.05, 3.63) is 42.4 Å². The minimum Gasteiger partial charge on any atom is -0.467 e. The van der Waals surface area contributed by atoms with E-state index in [0.29, 0.717) is 0 Å². The molecule has 2 aromatic rings. The van der Waals surface area contributed by atoms with Gasteiger partial charge >= 0.3 is 0 Å². The van der Waals surface area contributed by atoms with Crippen molar-refractivity contribution in [2.45, 2.75) is 19.4 Å². The first-order valence-electron chi connectivity index (χ1n) is 5.18. The summed E-state index contributed by atoms with van der Waals surface area (Å²) < 4.78 is 5.39. The lowest BCUT2D eigenvalue weighted by molar-refractivity contribution is 0.437. The molecule has 80 valence electrons. The SMILES string of the molecule is CCCNC(c1ncc[nH]1)c1ccco1. The molecule has 0 aliphatic heterocycles. The third kappa shape index (κ3) is 2.27. The molecule has 0 amide bonds. The predicted molar refractivity (Wildman–Crippen MR) is 57.4 cm³/mol. The van der Waals surface area contributed by atoms with Gasteiger partial charge in [0.25, 0.3) is 0 Å². The van der Waals surface area contributed by atoms with Gasteiger partial charge in [0, 0.05) is 12.4 Å². The number of hydrogen-bond donors (Lipinski definition) is 2. The highest BCUT2D eigenvalue weighted by Gasteiger charge is 2.17. The Balaban J connectivity index is 2.17. The molecular formula is C11H15N3O. The van der Waals surface area contributed by atoms with Gasteiger partial charge in [0.05, 0.1) is 6.26 Å². The fraction of sp³-hybridized carbons (Fsp3) is 0.364. The lowest BCUT2D eigenvalue weighted by atomic mass is 10.2. The summed E-state index contributed by atoms with van der Waals surface area (Å²) in [6.45, 7) is 3.07. The first-order valence-corrected chi connectivity index (χ1v) is 5.18. The zero-order chi connectivity index (χ0) is 10.5. The van der Waals surface area contributed by atoms with Crippen LogP contribution in [0.5, 0.6) is 0 Å². The van der Waals surface area contributed by atoms with Crippen molar-refractivity contribution in [2.24, 2.45) is 0 Å². The van der Waals surface area contributed by atoms with Crippen LogP contribution in [0.4, 0.5) is 0 Å². The maximum atomic E-state index is 5.39. The van der Waals surface area contributed by atoms with E-state index in [1.54, 1.807) is 12.5 Å². The molecule has 0 spiro atoms. The highest BCUT2D eigenvalue weighted by Crippen LogP contribution is 2.18. The summed E-state index contributed by atoms with van der Waals surface area (Å²) in [6, 6.07) is 3.87. The Bertz CT molecular complexity index is 332. The fourth-order valence-electron chi connectivity index (χ4n) is 1.51. The Morgan fingerprint density at radius 2 is 2.53 bits per heavy atom. The Labute approximate surface area is 88.7 Å². The number of imidazole rings is 1. The third-order valence-electron chi connectivity index (χ3n) is 2.22. The zero-order valence-corrected chi connectivity index (χ0v) is 8.73. The van der Waals surface area contributed by atoms with Crippen LogP contribution in [0.3, 0.4) is 0 Å². The maximum absolute atomic E-state index is 5.39. The van der Waals surface area contributed by atoms with Crippen molar-refractivity contribution >= 4 is 0 Å². The van der Waals surface area contributed by atoms with Gasteiger partial charge in [-0.3, -0.25) is 0 Å². The largest absolute Gasteiger partial charge is 0.467 e. The summed E-state index contributed by atoms with van der Waals surface area (Å²) in [6.07, 6.45) is 6.33. The van der Waals surface area contributed by atoms with E-state index >= 15 is 0 Å². The zero-order valence-electron chi connectivity index (χ0n) is 8.73. The van der Waals surface area contributed by atoms with E-state index in [4.69, 9.17) is 4.42 Å². The Morgan fingerprint density at radius 1 is 1.60 bits per heavy atom. The van der Waals surface area contributed by atoms with Crippen LogP contribution in [0.15, 0.2) is 35.2 Å². The molecule has 0 fully saturated rings. The van der Waals surface area contributed by atoms with E-state index in [2.05, 4.69) is 22.2 Å². The molecule has 4 heteroatoms. The fourth-order valence-corrected chi connectivity index (χ4v) is 1.51. The molecule has 1 atom stereocenters.